The van der Waals surface area contributed by atoms with E-state index in [4.69, 9.17) is 4.74 Å². The summed E-state index contributed by atoms with van der Waals surface area (Å²) in [4.78, 5) is 24.7. The third kappa shape index (κ3) is 6.07. The van der Waals surface area contributed by atoms with Gasteiger partial charge in [-0.15, -0.1) is 10.2 Å². The summed E-state index contributed by atoms with van der Waals surface area (Å²) in [5.41, 5.74) is 3.28. The third-order valence-electron chi connectivity index (χ3n) is 5.92. The molecule has 3 aromatic rings. The van der Waals surface area contributed by atoms with Crippen molar-refractivity contribution >= 4 is 11.6 Å². The summed E-state index contributed by atoms with van der Waals surface area (Å²) in [6, 6.07) is 9.00. The van der Waals surface area contributed by atoms with Gasteiger partial charge in [-0.25, -0.2) is 0 Å². The highest BCUT2D eigenvalue weighted by molar-refractivity contribution is 6.00. The number of benzene rings is 2. The number of methoxy groups -OCH3 is 1. The number of Topliss-reactive ketones (excluding diaryl/α,β-unsaturated/α-hetero) is 2. The van der Waals surface area contributed by atoms with Gasteiger partial charge in [0.2, 0.25) is 0 Å². The maximum absolute atomic E-state index is 12.8. The van der Waals surface area contributed by atoms with Gasteiger partial charge in [0.05, 0.1) is 18.2 Å². The maximum Gasteiger partial charge on any atom is 0.174 e. The molecule has 0 aliphatic heterocycles. The average molecular weight is 465 g/mol. The maximum atomic E-state index is 12.8. The van der Waals surface area contributed by atoms with Gasteiger partial charge < -0.3 is 9.84 Å². The third-order valence-corrected chi connectivity index (χ3v) is 5.92. The molecule has 0 saturated heterocycles. The lowest BCUT2D eigenvalue weighted by atomic mass is 9.91. The highest BCUT2D eigenvalue weighted by atomic mass is 16.5. The van der Waals surface area contributed by atoms with Crippen LogP contribution >= 0.6 is 0 Å². The number of ether oxygens (including phenoxy) is 1. The first kappa shape index (κ1) is 25.1. The van der Waals surface area contributed by atoms with Gasteiger partial charge in [-0.05, 0) is 55.5 Å². The number of aryl methyl sites for hydroxylation is 1. The van der Waals surface area contributed by atoms with Gasteiger partial charge in [-0.1, -0.05) is 43.5 Å². The summed E-state index contributed by atoms with van der Waals surface area (Å²) in [7, 11) is 1.55. The zero-order valence-electron chi connectivity index (χ0n) is 20.1. The fourth-order valence-corrected chi connectivity index (χ4v) is 4.13. The van der Waals surface area contributed by atoms with Crippen LogP contribution in [0.1, 0.15) is 84.5 Å². The predicted octanol–water partition coefficient (Wildman–Crippen LogP) is 5.11. The highest BCUT2D eigenvalue weighted by Crippen LogP contribution is 2.36. The molecule has 8 heteroatoms. The number of carbonyl (C=O) groups is 2. The van der Waals surface area contributed by atoms with Crippen LogP contribution in [0.25, 0.3) is 11.1 Å². The molecule has 2 aromatic carbocycles. The van der Waals surface area contributed by atoms with E-state index in [2.05, 4.69) is 20.6 Å². The van der Waals surface area contributed by atoms with Crippen LogP contribution in [0.15, 0.2) is 30.3 Å². The van der Waals surface area contributed by atoms with Crippen molar-refractivity contribution in [2.24, 2.45) is 0 Å². The standard InChI is InChI=1S/C26H32N4O4/c1-4-9-21-20(15-14-19(17(2)31)26(21)33)18-12-13-22(24(16-18)34-3)23(32)10-7-5-6-8-11-25-27-29-30-28-25/h12-16,33H,4-11H2,1-3H3,(H,27,28,29,30). The van der Waals surface area contributed by atoms with Crippen molar-refractivity contribution < 1.29 is 19.4 Å². The van der Waals surface area contributed by atoms with E-state index in [0.29, 0.717) is 35.5 Å². The van der Waals surface area contributed by atoms with Crippen LogP contribution in [0.3, 0.4) is 0 Å². The summed E-state index contributed by atoms with van der Waals surface area (Å²) in [6.07, 6.45) is 6.40. The molecule has 3 rings (SSSR count). The molecule has 0 aliphatic rings. The van der Waals surface area contributed by atoms with Gasteiger partial charge in [-0.2, -0.15) is 5.21 Å². The normalized spacial score (nSPS) is 10.9. The number of aromatic hydroxyl groups is 1. The van der Waals surface area contributed by atoms with Gasteiger partial charge in [-0.3, -0.25) is 9.59 Å². The largest absolute Gasteiger partial charge is 0.507 e. The second-order valence-corrected chi connectivity index (χ2v) is 8.37. The second kappa shape index (κ2) is 12.1. The molecule has 34 heavy (non-hydrogen) atoms. The number of carbonyl (C=O) groups excluding carboxylic acids is 2. The zero-order chi connectivity index (χ0) is 24.5. The van der Waals surface area contributed by atoms with Crippen molar-refractivity contribution in [3.8, 4) is 22.6 Å². The smallest absolute Gasteiger partial charge is 0.174 e. The average Bonchev–Trinajstić information content (AvgIpc) is 3.35. The molecule has 0 atom stereocenters. The molecule has 0 bridgehead atoms. The Kier molecular flexibility index (Phi) is 8.90. The van der Waals surface area contributed by atoms with Crippen molar-refractivity contribution in [1.29, 1.82) is 0 Å². The number of aromatic amines is 1. The van der Waals surface area contributed by atoms with Crippen molar-refractivity contribution in [2.75, 3.05) is 7.11 Å². The van der Waals surface area contributed by atoms with Crippen LogP contribution in [-0.2, 0) is 12.8 Å². The van der Waals surface area contributed by atoms with Gasteiger partial charge in [0, 0.05) is 18.4 Å². The number of hydrogen-bond acceptors (Lipinski definition) is 7. The van der Waals surface area contributed by atoms with Crippen LogP contribution in [0.5, 0.6) is 11.5 Å². The number of H-pyrrole nitrogens is 1. The van der Waals surface area contributed by atoms with E-state index in [1.807, 2.05) is 25.1 Å². The highest BCUT2D eigenvalue weighted by Gasteiger charge is 2.18. The number of rotatable bonds is 13. The molecule has 0 aliphatic carbocycles. The molecule has 0 saturated carbocycles. The number of phenols is 1. The van der Waals surface area contributed by atoms with Crippen LogP contribution in [0.2, 0.25) is 0 Å². The second-order valence-electron chi connectivity index (χ2n) is 8.37. The Hall–Kier alpha value is -3.55. The van der Waals surface area contributed by atoms with Crippen LogP contribution in [0.4, 0.5) is 0 Å². The molecule has 0 spiro atoms. The number of unbranched alkanes of at least 4 members (excludes halogenated alkanes) is 3. The van der Waals surface area contributed by atoms with Gasteiger partial charge in [0.25, 0.3) is 0 Å². The topological polar surface area (TPSA) is 118 Å². The van der Waals surface area contributed by atoms with E-state index in [-0.39, 0.29) is 17.3 Å². The molecule has 0 amide bonds. The Labute approximate surface area is 199 Å². The number of nitrogens with zero attached hydrogens (tertiary/aromatic N) is 3. The number of hydrogen-bond donors (Lipinski definition) is 2. The first-order valence-corrected chi connectivity index (χ1v) is 11.8. The van der Waals surface area contributed by atoms with E-state index < -0.39 is 0 Å². The van der Waals surface area contributed by atoms with Crippen LogP contribution in [-0.4, -0.2) is 44.4 Å². The minimum absolute atomic E-state index is 0.0327. The van der Waals surface area contributed by atoms with Gasteiger partial charge >= 0.3 is 0 Å². The van der Waals surface area contributed by atoms with E-state index in [0.717, 1.165) is 55.2 Å². The van der Waals surface area contributed by atoms with Crippen LogP contribution in [0, 0.1) is 0 Å². The SMILES string of the molecule is CCCc1c(-c2ccc(C(=O)CCCCCCc3nn[nH]n3)c(OC)c2)ccc(C(C)=O)c1O. The number of ketones is 2. The molecule has 1 aromatic heterocycles. The van der Waals surface area contributed by atoms with Crippen molar-refractivity contribution in [1.82, 2.24) is 20.6 Å². The Bertz CT molecular complexity index is 1130. The molecule has 1 heterocycles. The van der Waals surface area contributed by atoms with E-state index in [1.165, 1.54) is 6.92 Å². The lowest BCUT2D eigenvalue weighted by Crippen LogP contribution is -2.03. The molecular weight excluding hydrogens is 432 g/mol. The lowest BCUT2D eigenvalue weighted by Gasteiger charge is -2.16. The van der Waals surface area contributed by atoms with Gasteiger partial charge in [0.1, 0.15) is 11.5 Å². The summed E-state index contributed by atoms with van der Waals surface area (Å²) < 4.78 is 5.55. The summed E-state index contributed by atoms with van der Waals surface area (Å²) in [5.74, 6) is 1.13. The van der Waals surface area contributed by atoms with Crippen molar-refractivity contribution in [3.05, 3.63) is 52.8 Å². The fraction of sp³-hybridized carbons (Fsp3) is 0.423. The van der Waals surface area contributed by atoms with Gasteiger partial charge in [0.15, 0.2) is 17.4 Å². The minimum Gasteiger partial charge on any atom is -0.507 e. The number of nitrogens with one attached hydrogen (secondary N) is 1. The molecule has 8 nitrogen and oxygen atoms in total. The zero-order valence-corrected chi connectivity index (χ0v) is 20.1. The monoisotopic (exact) mass is 464 g/mol. The lowest BCUT2D eigenvalue weighted by molar-refractivity contribution is 0.0974. The molecule has 0 fully saturated rings. The Morgan fingerprint density at radius 3 is 2.47 bits per heavy atom. The predicted molar refractivity (Wildman–Crippen MR) is 129 cm³/mol. The first-order valence-electron chi connectivity index (χ1n) is 11.8. The summed E-state index contributed by atoms with van der Waals surface area (Å²) >= 11 is 0. The number of aromatic nitrogens is 4. The van der Waals surface area contributed by atoms with E-state index in [9.17, 15) is 14.7 Å². The van der Waals surface area contributed by atoms with Crippen LogP contribution < -0.4 is 4.74 Å². The summed E-state index contributed by atoms with van der Waals surface area (Å²) in [6.45, 7) is 3.47. The van der Waals surface area contributed by atoms with Crippen molar-refractivity contribution in [2.45, 2.75) is 65.2 Å². The number of tetrazole rings is 1. The molecule has 0 unspecified atom stereocenters. The molecule has 180 valence electrons. The quantitative estimate of drug-likeness (QED) is 0.266. The molecule has 2 N–H and O–H groups in total. The fourth-order valence-electron chi connectivity index (χ4n) is 4.13. The Balaban J connectivity index is 1.68. The van der Waals surface area contributed by atoms with E-state index >= 15 is 0 Å². The first-order chi connectivity index (χ1) is 16.5. The number of phenolic OH excluding ortho intramolecular Hbond substituents is 1. The van der Waals surface area contributed by atoms with Crippen molar-refractivity contribution in [3.63, 3.8) is 0 Å². The molecule has 0 radical (unpaired) electrons. The Morgan fingerprint density at radius 1 is 1.03 bits per heavy atom. The van der Waals surface area contributed by atoms with E-state index in [1.54, 1.807) is 19.2 Å². The molecular formula is C26H32N4O4. The minimum atomic E-state index is -0.172. The summed E-state index contributed by atoms with van der Waals surface area (Å²) in [5, 5.41) is 24.6. The Morgan fingerprint density at radius 2 is 1.79 bits per heavy atom.